The van der Waals surface area contributed by atoms with Crippen molar-refractivity contribution >= 4 is 15.9 Å². The second-order valence-electron chi connectivity index (χ2n) is 8.75. The lowest BCUT2D eigenvalue weighted by atomic mass is 9.94. The molecule has 30 heavy (non-hydrogen) atoms. The maximum Gasteiger partial charge on any atom is 0.261 e. The van der Waals surface area contributed by atoms with E-state index < -0.39 is 10.0 Å². The second kappa shape index (κ2) is 8.59. The fraction of sp³-hybridized carbons (Fsp3) is 0.591. The molecule has 3 aliphatic rings. The summed E-state index contributed by atoms with van der Waals surface area (Å²) >= 11 is 0. The van der Waals surface area contributed by atoms with Crippen LogP contribution in [0.1, 0.15) is 56.4 Å². The molecule has 1 aromatic rings. The van der Waals surface area contributed by atoms with Crippen LogP contribution < -0.4 is 19.7 Å². The van der Waals surface area contributed by atoms with Gasteiger partial charge in [-0.2, -0.15) is 0 Å². The summed E-state index contributed by atoms with van der Waals surface area (Å²) in [4.78, 5) is 14.3. The van der Waals surface area contributed by atoms with E-state index in [2.05, 4.69) is 22.4 Å². The number of hydrogen-bond acceptors (Lipinski definition) is 5. The lowest BCUT2D eigenvalue weighted by Gasteiger charge is -2.19. The maximum atomic E-state index is 12.2. The number of hydrazine groups is 1. The number of sulfonamides is 1. The van der Waals surface area contributed by atoms with Gasteiger partial charge in [0.25, 0.3) is 5.91 Å². The van der Waals surface area contributed by atoms with Gasteiger partial charge in [-0.3, -0.25) is 10.2 Å². The molecule has 0 heterocycles. The minimum absolute atomic E-state index is 0.279. The van der Waals surface area contributed by atoms with E-state index >= 15 is 0 Å². The first-order valence-electron chi connectivity index (χ1n) is 10.6. The Morgan fingerprint density at radius 1 is 1.13 bits per heavy atom. The number of allylic oxidation sites excluding steroid dienone is 1. The standard InChI is InChI=1S/C22H30N2O5S/c1-28-20-8-7-14(13-21(20)29-19-5-3-4-6-19)15-9-16-11-18(12-17(16)10-15)22(25)23-24-30(2,26)27/h7-8,11,13,15-17,19,24H,3-6,9-10,12H2,1-2H3,(H,23,25)/t15-,16+,17-/m0/s1. The SMILES string of the molecule is COc1ccc([C@@H]2C[C@H]3CC(C(=O)NNS(C)(=O)=O)=C[C@H]3C2)cc1OC1CCCC1. The van der Waals surface area contributed by atoms with Crippen molar-refractivity contribution in [1.82, 2.24) is 10.3 Å². The summed E-state index contributed by atoms with van der Waals surface area (Å²) in [5, 5.41) is 0. The largest absolute Gasteiger partial charge is 0.493 e. The van der Waals surface area contributed by atoms with Crippen LogP contribution in [0.5, 0.6) is 11.5 Å². The smallest absolute Gasteiger partial charge is 0.261 e. The fourth-order valence-corrected chi connectivity index (χ4v) is 5.37. The zero-order valence-corrected chi connectivity index (χ0v) is 18.3. The molecule has 0 spiro atoms. The Balaban J connectivity index is 1.41. The zero-order valence-electron chi connectivity index (χ0n) is 17.5. The lowest BCUT2D eigenvalue weighted by molar-refractivity contribution is -0.118. The number of nitrogens with one attached hydrogen (secondary N) is 2. The van der Waals surface area contributed by atoms with Gasteiger partial charge in [-0.1, -0.05) is 12.1 Å². The van der Waals surface area contributed by atoms with Gasteiger partial charge in [-0.05, 0) is 80.4 Å². The first-order chi connectivity index (χ1) is 14.3. The van der Waals surface area contributed by atoms with Gasteiger partial charge in [0, 0.05) is 5.57 Å². The Labute approximate surface area is 178 Å². The molecular formula is C22H30N2O5S. The highest BCUT2D eigenvalue weighted by atomic mass is 32.2. The van der Waals surface area contributed by atoms with E-state index in [0.29, 0.717) is 29.7 Å². The van der Waals surface area contributed by atoms with Gasteiger partial charge in [0.2, 0.25) is 10.0 Å². The highest BCUT2D eigenvalue weighted by Gasteiger charge is 2.39. The van der Waals surface area contributed by atoms with Crippen molar-refractivity contribution in [1.29, 1.82) is 0 Å². The van der Waals surface area contributed by atoms with Crippen LogP contribution in [0.2, 0.25) is 0 Å². The van der Waals surface area contributed by atoms with Gasteiger partial charge in [0.1, 0.15) is 0 Å². The van der Waals surface area contributed by atoms with Crippen LogP contribution in [-0.2, 0) is 14.8 Å². The Morgan fingerprint density at radius 2 is 1.90 bits per heavy atom. The Bertz CT molecular complexity index is 937. The number of methoxy groups -OCH3 is 1. The van der Waals surface area contributed by atoms with Gasteiger partial charge in [-0.25, -0.2) is 8.42 Å². The third-order valence-electron chi connectivity index (χ3n) is 6.54. The molecule has 0 bridgehead atoms. The maximum absolute atomic E-state index is 12.2. The summed E-state index contributed by atoms with van der Waals surface area (Å²) in [6.07, 6.45) is 10.6. The Kier molecular flexibility index (Phi) is 6.06. The van der Waals surface area contributed by atoms with Crippen molar-refractivity contribution in [2.24, 2.45) is 11.8 Å². The number of benzene rings is 1. The molecule has 0 radical (unpaired) electrons. The molecule has 3 atom stereocenters. The van der Waals surface area contributed by atoms with Crippen molar-refractivity contribution in [3.05, 3.63) is 35.4 Å². The van der Waals surface area contributed by atoms with E-state index in [4.69, 9.17) is 9.47 Å². The van der Waals surface area contributed by atoms with Crippen molar-refractivity contribution < 1.29 is 22.7 Å². The van der Waals surface area contributed by atoms with Gasteiger partial charge >= 0.3 is 0 Å². The van der Waals surface area contributed by atoms with Crippen LogP contribution in [0.3, 0.4) is 0 Å². The minimum Gasteiger partial charge on any atom is -0.493 e. The summed E-state index contributed by atoms with van der Waals surface area (Å²) < 4.78 is 34.1. The molecule has 0 aromatic heterocycles. The number of carbonyl (C=O) groups is 1. The van der Waals surface area contributed by atoms with Gasteiger partial charge in [-0.15, -0.1) is 4.83 Å². The predicted molar refractivity (Wildman–Crippen MR) is 114 cm³/mol. The second-order valence-corrected chi connectivity index (χ2v) is 10.5. The molecule has 0 saturated heterocycles. The average Bonchev–Trinajstić information content (AvgIpc) is 3.42. The van der Waals surface area contributed by atoms with Crippen LogP contribution in [0, 0.1) is 11.8 Å². The van der Waals surface area contributed by atoms with E-state index in [1.807, 2.05) is 12.1 Å². The van der Waals surface area contributed by atoms with Crippen LogP contribution in [0.25, 0.3) is 0 Å². The molecular weight excluding hydrogens is 404 g/mol. The average molecular weight is 435 g/mol. The first-order valence-corrected chi connectivity index (χ1v) is 12.5. The monoisotopic (exact) mass is 434 g/mol. The Morgan fingerprint density at radius 3 is 2.57 bits per heavy atom. The molecule has 1 aromatic carbocycles. The van der Waals surface area contributed by atoms with Crippen molar-refractivity contribution in [2.45, 2.75) is 57.0 Å². The summed E-state index contributed by atoms with van der Waals surface area (Å²) in [6.45, 7) is 0. The van der Waals surface area contributed by atoms with E-state index in [-0.39, 0.29) is 12.0 Å². The van der Waals surface area contributed by atoms with E-state index in [9.17, 15) is 13.2 Å². The topological polar surface area (TPSA) is 93.7 Å². The number of fused-ring (bicyclic) bond motifs is 1. The number of carbonyl (C=O) groups excluding carboxylic acids is 1. The summed E-state index contributed by atoms with van der Waals surface area (Å²) in [7, 11) is -1.79. The summed E-state index contributed by atoms with van der Waals surface area (Å²) in [5.41, 5.74) is 4.20. The van der Waals surface area contributed by atoms with Gasteiger partial charge in [0.15, 0.2) is 11.5 Å². The molecule has 3 aliphatic carbocycles. The highest BCUT2D eigenvalue weighted by molar-refractivity contribution is 7.88. The van der Waals surface area contributed by atoms with Crippen LogP contribution in [-0.4, -0.2) is 33.8 Å². The number of hydrogen-bond donors (Lipinski definition) is 2. The van der Waals surface area contributed by atoms with Crippen LogP contribution in [0.4, 0.5) is 0 Å². The third kappa shape index (κ3) is 4.81. The first kappa shape index (κ1) is 21.2. The molecule has 7 nitrogen and oxygen atoms in total. The fourth-order valence-electron chi connectivity index (χ4n) is 5.09. The molecule has 2 N–H and O–H groups in total. The molecule has 0 aliphatic heterocycles. The minimum atomic E-state index is -3.46. The van der Waals surface area contributed by atoms with Gasteiger partial charge in [0.05, 0.1) is 19.5 Å². The van der Waals surface area contributed by atoms with E-state index in [0.717, 1.165) is 43.4 Å². The van der Waals surface area contributed by atoms with Crippen LogP contribution >= 0.6 is 0 Å². The molecule has 164 valence electrons. The molecule has 4 rings (SSSR count). The molecule has 2 fully saturated rings. The van der Waals surface area contributed by atoms with Crippen molar-refractivity contribution in [3.63, 3.8) is 0 Å². The number of ether oxygens (including phenoxy) is 2. The van der Waals surface area contributed by atoms with Crippen molar-refractivity contribution in [3.8, 4) is 11.5 Å². The molecule has 0 unspecified atom stereocenters. The normalized spacial score (nSPS) is 26.3. The predicted octanol–water partition coefficient (Wildman–Crippen LogP) is 3.04. The van der Waals surface area contributed by atoms with E-state index in [1.165, 1.54) is 18.4 Å². The number of amides is 1. The molecule has 1 amide bonds. The molecule has 2 saturated carbocycles. The molecule has 8 heteroatoms. The Hall–Kier alpha value is -2.06. The zero-order chi connectivity index (χ0) is 21.3. The summed E-state index contributed by atoms with van der Waals surface area (Å²) in [5.74, 6) is 2.43. The van der Waals surface area contributed by atoms with E-state index in [1.54, 1.807) is 7.11 Å². The highest BCUT2D eigenvalue weighted by Crippen LogP contribution is 2.50. The van der Waals surface area contributed by atoms with Crippen LogP contribution in [0.15, 0.2) is 29.8 Å². The summed E-state index contributed by atoms with van der Waals surface area (Å²) in [6, 6.07) is 6.26. The third-order valence-corrected chi connectivity index (χ3v) is 7.02. The van der Waals surface area contributed by atoms with Crippen molar-refractivity contribution in [2.75, 3.05) is 13.4 Å². The number of rotatable bonds is 7. The van der Waals surface area contributed by atoms with Gasteiger partial charge < -0.3 is 9.47 Å². The quantitative estimate of drug-likeness (QED) is 0.644. The lowest BCUT2D eigenvalue weighted by Crippen LogP contribution is -2.41.